The van der Waals surface area contributed by atoms with Crippen molar-refractivity contribution in [1.29, 1.82) is 0 Å². The van der Waals surface area contributed by atoms with E-state index >= 15 is 0 Å². The monoisotopic (exact) mass is 562 g/mol. The van der Waals surface area contributed by atoms with Gasteiger partial charge in [-0.25, -0.2) is 0 Å². The Morgan fingerprint density at radius 1 is 0.634 bits per heavy atom. The second-order valence-electron chi connectivity index (χ2n) is 9.94. The number of rotatable bonds is 14. The maximum atomic E-state index is 12.3. The van der Waals surface area contributed by atoms with Gasteiger partial charge in [0.05, 0.1) is 33.0 Å². The molecule has 8 heteroatoms. The van der Waals surface area contributed by atoms with Crippen LogP contribution < -0.4 is 0 Å². The summed E-state index contributed by atoms with van der Waals surface area (Å²) >= 11 is 0. The van der Waals surface area contributed by atoms with Gasteiger partial charge in [-0.3, -0.25) is 9.59 Å². The first kappa shape index (κ1) is 30.4. The van der Waals surface area contributed by atoms with Crippen LogP contribution >= 0.6 is 0 Å². The summed E-state index contributed by atoms with van der Waals surface area (Å²) in [5.41, 5.74) is 2.99. The van der Waals surface area contributed by atoms with Gasteiger partial charge in [0.15, 0.2) is 6.10 Å². The Bertz CT molecular complexity index is 1190. The van der Waals surface area contributed by atoms with Crippen molar-refractivity contribution in [3.05, 3.63) is 108 Å². The molecular formula is C33H38O8. The average molecular weight is 563 g/mol. The largest absolute Gasteiger partial charge is 0.466 e. The molecule has 1 aliphatic heterocycles. The third-order valence-electron chi connectivity index (χ3n) is 6.70. The van der Waals surface area contributed by atoms with Crippen LogP contribution in [0, 0.1) is 0 Å². The first-order chi connectivity index (χ1) is 20.0. The van der Waals surface area contributed by atoms with Crippen molar-refractivity contribution in [2.45, 2.75) is 70.6 Å². The standard InChI is InChI=1S/C33H38O8/c1-24(34)37-19-18-29-32(40-25(2)35)33(39-22-28-16-10-5-11-17-28)31(38-21-27-14-8-4-9-15-27)30(41-29)23-36-20-26-12-6-3-7-13-26/h3-17,29-33H,18-23H2,1-2H3/t29-,30+,31+,32-,33-/m0/s1. The van der Waals surface area contributed by atoms with E-state index in [0.717, 1.165) is 16.7 Å². The Morgan fingerprint density at radius 2 is 1.15 bits per heavy atom. The van der Waals surface area contributed by atoms with Crippen molar-refractivity contribution < 1.29 is 38.0 Å². The fourth-order valence-corrected chi connectivity index (χ4v) is 4.80. The van der Waals surface area contributed by atoms with E-state index in [9.17, 15) is 9.59 Å². The fraction of sp³-hybridized carbons (Fsp3) is 0.394. The van der Waals surface area contributed by atoms with E-state index in [2.05, 4.69) is 0 Å². The molecule has 41 heavy (non-hydrogen) atoms. The van der Waals surface area contributed by atoms with Crippen molar-refractivity contribution in [2.24, 2.45) is 0 Å². The number of benzene rings is 3. The molecule has 0 unspecified atom stereocenters. The average Bonchev–Trinajstić information content (AvgIpc) is 2.98. The molecule has 0 radical (unpaired) electrons. The lowest BCUT2D eigenvalue weighted by molar-refractivity contribution is -0.267. The van der Waals surface area contributed by atoms with Crippen molar-refractivity contribution in [3.8, 4) is 0 Å². The maximum Gasteiger partial charge on any atom is 0.303 e. The van der Waals surface area contributed by atoms with Gasteiger partial charge in [0.2, 0.25) is 0 Å². The van der Waals surface area contributed by atoms with Gasteiger partial charge in [-0.05, 0) is 16.7 Å². The third-order valence-corrected chi connectivity index (χ3v) is 6.70. The third kappa shape index (κ3) is 9.79. The number of carbonyl (C=O) groups excluding carboxylic acids is 2. The molecule has 8 nitrogen and oxygen atoms in total. The lowest BCUT2D eigenvalue weighted by atomic mass is 9.92. The highest BCUT2D eigenvalue weighted by atomic mass is 16.6. The molecule has 0 aromatic heterocycles. The number of hydrogen-bond acceptors (Lipinski definition) is 8. The summed E-state index contributed by atoms with van der Waals surface area (Å²) in [5.74, 6) is -0.862. The Balaban J connectivity index is 1.60. The van der Waals surface area contributed by atoms with Crippen LogP contribution in [0.5, 0.6) is 0 Å². The van der Waals surface area contributed by atoms with Gasteiger partial charge in [0.25, 0.3) is 0 Å². The SMILES string of the molecule is CC(=O)OCC[C@@H]1O[C@H](COCc2ccccc2)[C@@H](OCc2ccccc2)[C@H](OCc2ccccc2)[C@H]1OC(C)=O. The minimum absolute atomic E-state index is 0.107. The summed E-state index contributed by atoms with van der Waals surface area (Å²) in [6.45, 7) is 4.01. The minimum atomic E-state index is -0.794. The number of ether oxygens (including phenoxy) is 6. The molecule has 0 amide bonds. The van der Waals surface area contributed by atoms with Crippen LogP contribution in [0.25, 0.3) is 0 Å². The molecule has 5 atom stereocenters. The normalized spacial score (nSPS) is 22.1. The zero-order valence-electron chi connectivity index (χ0n) is 23.6. The summed E-state index contributed by atoms with van der Waals surface area (Å²) in [6, 6.07) is 29.5. The van der Waals surface area contributed by atoms with E-state index in [-0.39, 0.29) is 19.8 Å². The number of hydrogen-bond donors (Lipinski definition) is 0. The van der Waals surface area contributed by atoms with Crippen LogP contribution in [-0.4, -0.2) is 55.7 Å². The van der Waals surface area contributed by atoms with Crippen LogP contribution in [0.1, 0.15) is 37.0 Å². The Hall–Kier alpha value is -3.56. The molecule has 0 spiro atoms. The van der Waals surface area contributed by atoms with E-state index in [0.29, 0.717) is 19.6 Å². The van der Waals surface area contributed by atoms with Crippen LogP contribution in [0.4, 0.5) is 0 Å². The first-order valence-corrected chi connectivity index (χ1v) is 13.9. The van der Waals surface area contributed by atoms with Crippen LogP contribution in [-0.2, 0) is 57.8 Å². The number of esters is 2. The molecule has 0 aliphatic carbocycles. The molecule has 0 bridgehead atoms. The topological polar surface area (TPSA) is 89.5 Å². The van der Waals surface area contributed by atoms with Gasteiger partial charge in [-0.15, -0.1) is 0 Å². The first-order valence-electron chi connectivity index (χ1n) is 13.9. The molecule has 1 heterocycles. The van der Waals surface area contributed by atoms with Gasteiger partial charge in [-0.1, -0.05) is 91.0 Å². The van der Waals surface area contributed by atoms with Gasteiger partial charge in [-0.2, -0.15) is 0 Å². The van der Waals surface area contributed by atoms with Crippen LogP contribution in [0.15, 0.2) is 91.0 Å². The predicted octanol–water partition coefficient (Wildman–Crippen LogP) is 5.03. The summed E-state index contributed by atoms with van der Waals surface area (Å²) in [5, 5.41) is 0. The van der Waals surface area contributed by atoms with E-state index in [1.807, 2.05) is 91.0 Å². The van der Waals surface area contributed by atoms with Gasteiger partial charge in [0.1, 0.15) is 24.4 Å². The molecule has 1 aliphatic rings. The highest BCUT2D eigenvalue weighted by Crippen LogP contribution is 2.32. The Kier molecular flexibility index (Phi) is 11.9. The second kappa shape index (κ2) is 16.0. The zero-order valence-corrected chi connectivity index (χ0v) is 23.6. The zero-order chi connectivity index (χ0) is 28.9. The molecule has 1 saturated heterocycles. The highest BCUT2D eigenvalue weighted by Gasteiger charge is 2.49. The molecular weight excluding hydrogens is 524 g/mol. The molecule has 3 aromatic carbocycles. The summed E-state index contributed by atoms with van der Waals surface area (Å²) in [4.78, 5) is 23.7. The van der Waals surface area contributed by atoms with Crippen molar-refractivity contribution in [1.82, 2.24) is 0 Å². The summed E-state index contributed by atoms with van der Waals surface area (Å²) in [6.07, 6.45) is -2.94. The molecule has 0 saturated carbocycles. The van der Waals surface area contributed by atoms with Crippen molar-refractivity contribution in [3.63, 3.8) is 0 Å². The molecule has 218 valence electrons. The Morgan fingerprint density at radius 3 is 1.66 bits per heavy atom. The van der Waals surface area contributed by atoms with E-state index in [1.165, 1.54) is 13.8 Å². The summed E-state index contributed by atoms with van der Waals surface area (Å²) in [7, 11) is 0. The summed E-state index contributed by atoms with van der Waals surface area (Å²) < 4.78 is 36.6. The molecule has 3 aromatic rings. The van der Waals surface area contributed by atoms with E-state index < -0.39 is 42.5 Å². The lowest BCUT2D eigenvalue weighted by Crippen LogP contribution is -2.61. The van der Waals surface area contributed by atoms with Crippen LogP contribution in [0.2, 0.25) is 0 Å². The predicted molar refractivity (Wildman–Crippen MR) is 152 cm³/mol. The Labute approximate surface area is 241 Å². The number of carbonyl (C=O) groups is 2. The molecule has 4 rings (SSSR count). The van der Waals surface area contributed by atoms with Gasteiger partial charge >= 0.3 is 11.9 Å². The van der Waals surface area contributed by atoms with Gasteiger partial charge < -0.3 is 28.4 Å². The fourth-order valence-electron chi connectivity index (χ4n) is 4.80. The smallest absolute Gasteiger partial charge is 0.303 e. The lowest BCUT2D eigenvalue weighted by Gasteiger charge is -2.45. The van der Waals surface area contributed by atoms with E-state index in [4.69, 9.17) is 28.4 Å². The highest BCUT2D eigenvalue weighted by molar-refractivity contribution is 5.66. The quantitative estimate of drug-likeness (QED) is 0.253. The molecule has 1 fully saturated rings. The second-order valence-corrected chi connectivity index (χ2v) is 9.94. The van der Waals surface area contributed by atoms with Gasteiger partial charge in [0, 0.05) is 20.3 Å². The maximum absolute atomic E-state index is 12.3. The van der Waals surface area contributed by atoms with Crippen molar-refractivity contribution >= 4 is 11.9 Å². The molecule has 0 N–H and O–H groups in total. The van der Waals surface area contributed by atoms with Crippen LogP contribution in [0.3, 0.4) is 0 Å². The minimum Gasteiger partial charge on any atom is -0.466 e. The van der Waals surface area contributed by atoms with Crippen molar-refractivity contribution in [2.75, 3.05) is 13.2 Å². The van der Waals surface area contributed by atoms with E-state index in [1.54, 1.807) is 0 Å².